The van der Waals surface area contributed by atoms with Crippen molar-refractivity contribution < 1.29 is 0 Å². The molecule has 0 bridgehead atoms. The van der Waals surface area contributed by atoms with E-state index in [4.69, 9.17) is 16.6 Å². The predicted octanol–water partition coefficient (Wildman–Crippen LogP) is 4.40. The van der Waals surface area contributed by atoms with Gasteiger partial charge in [0, 0.05) is 23.7 Å². The minimum atomic E-state index is 0.562. The second-order valence-electron chi connectivity index (χ2n) is 5.63. The number of hydrogen-bond donors (Lipinski definition) is 0. The highest BCUT2D eigenvalue weighted by molar-refractivity contribution is 6.30. The lowest BCUT2D eigenvalue weighted by Crippen LogP contribution is -2.19. The zero-order valence-corrected chi connectivity index (χ0v) is 12.4. The quantitative estimate of drug-likeness (QED) is 0.717. The Morgan fingerprint density at radius 1 is 1.14 bits per heavy atom. The Labute approximate surface area is 128 Å². The maximum Gasteiger partial charge on any atom is 0.160 e. The van der Waals surface area contributed by atoms with E-state index in [0.717, 1.165) is 28.4 Å². The molecule has 0 saturated heterocycles. The minimum absolute atomic E-state index is 0.562. The van der Waals surface area contributed by atoms with E-state index in [1.807, 2.05) is 30.5 Å². The first-order chi connectivity index (χ1) is 10.3. The minimum Gasteiger partial charge on any atom is -0.309 e. The molecule has 2 aromatic heterocycles. The average molecular weight is 298 g/mol. The molecule has 3 nitrogen and oxygen atoms in total. The van der Waals surface area contributed by atoms with E-state index in [0.29, 0.717) is 6.04 Å². The Morgan fingerprint density at radius 2 is 1.95 bits per heavy atom. The van der Waals surface area contributed by atoms with Crippen LogP contribution in [-0.2, 0) is 6.42 Å². The Bertz CT molecular complexity index is 772. The van der Waals surface area contributed by atoms with Crippen molar-refractivity contribution in [3.8, 4) is 0 Å². The van der Waals surface area contributed by atoms with Gasteiger partial charge < -0.3 is 4.57 Å². The molecule has 2 heterocycles. The molecule has 0 N–H and O–H groups in total. The van der Waals surface area contributed by atoms with E-state index in [-0.39, 0.29) is 0 Å². The van der Waals surface area contributed by atoms with Gasteiger partial charge in [-0.1, -0.05) is 23.7 Å². The van der Waals surface area contributed by atoms with Crippen molar-refractivity contribution in [3.05, 3.63) is 59.0 Å². The molecule has 1 aliphatic carbocycles. The topological polar surface area (TPSA) is 30.7 Å². The normalized spacial score (nSPS) is 15.3. The number of halogens is 1. The second-order valence-corrected chi connectivity index (χ2v) is 6.07. The monoisotopic (exact) mass is 297 g/mol. The number of hydrogen-bond acceptors (Lipinski definition) is 2. The molecule has 4 rings (SSSR count). The van der Waals surface area contributed by atoms with Crippen LogP contribution < -0.4 is 0 Å². The van der Waals surface area contributed by atoms with E-state index in [1.54, 1.807) is 0 Å². The lowest BCUT2D eigenvalue weighted by molar-refractivity contribution is 0.313. The highest BCUT2D eigenvalue weighted by Gasteiger charge is 2.25. The number of fused-ring (bicyclic) bond motifs is 1. The molecular weight excluding hydrogens is 282 g/mol. The van der Waals surface area contributed by atoms with Gasteiger partial charge >= 0.3 is 0 Å². The lowest BCUT2D eigenvalue weighted by atomic mass is 9.92. The van der Waals surface area contributed by atoms with Gasteiger partial charge in [0.25, 0.3) is 0 Å². The summed E-state index contributed by atoms with van der Waals surface area (Å²) in [7, 11) is 0. The molecule has 21 heavy (non-hydrogen) atoms. The molecule has 1 saturated carbocycles. The first-order valence-corrected chi connectivity index (χ1v) is 7.75. The zero-order valence-electron chi connectivity index (χ0n) is 11.7. The molecule has 1 fully saturated rings. The van der Waals surface area contributed by atoms with Crippen LogP contribution in [0.25, 0.3) is 11.2 Å². The van der Waals surface area contributed by atoms with Crippen LogP contribution >= 0.6 is 11.6 Å². The molecule has 0 radical (unpaired) electrons. The van der Waals surface area contributed by atoms with E-state index < -0.39 is 0 Å². The standard InChI is InChI=1S/C17H16ClN3/c18-13-8-6-12(7-9-13)11-16-20-15-5-2-10-19-17(15)21(16)14-3-1-4-14/h2,5-10,14H,1,3-4,11H2. The van der Waals surface area contributed by atoms with E-state index in [9.17, 15) is 0 Å². The summed E-state index contributed by atoms with van der Waals surface area (Å²) in [5, 5.41) is 0.771. The van der Waals surface area contributed by atoms with Crippen molar-refractivity contribution in [1.82, 2.24) is 14.5 Å². The van der Waals surface area contributed by atoms with Crippen LogP contribution in [-0.4, -0.2) is 14.5 Å². The van der Waals surface area contributed by atoms with Crippen LogP contribution in [0.4, 0.5) is 0 Å². The van der Waals surface area contributed by atoms with Gasteiger partial charge in [-0.3, -0.25) is 0 Å². The summed E-state index contributed by atoms with van der Waals surface area (Å²) in [5.74, 6) is 1.11. The van der Waals surface area contributed by atoms with Crippen molar-refractivity contribution >= 4 is 22.8 Å². The molecule has 0 amide bonds. The van der Waals surface area contributed by atoms with Crippen molar-refractivity contribution in [2.45, 2.75) is 31.7 Å². The molecule has 106 valence electrons. The van der Waals surface area contributed by atoms with Crippen molar-refractivity contribution in [2.75, 3.05) is 0 Å². The van der Waals surface area contributed by atoms with Crippen molar-refractivity contribution in [1.29, 1.82) is 0 Å². The fourth-order valence-corrected chi connectivity index (χ4v) is 3.04. The molecule has 4 heteroatoms. The summed E-state index contributed by atoms with van der Waals surface area (Å²) in [6.45, 7) is 0. The second kappa shape index (κ2) is 5.15. The number of aromatic nitrogens is 3. The summed E-state index contributed by atoms with van der Waals surface area (Å²) in [6, 6.07) is 12.6. The van der Waals surface area contributed by atoms with Gasteiger partial charge in [0.1, 0.15) is 11.3 Å². The molecular formula is C17H16ClN3. The number of imidazole rings is 1. The van der Waals surface area contributed by atoms with Gasteiger partial charge in [0.2, 0.25) is 0 Å². The number of rotatable bonds is 3. The van der Waals surface area contributed by atoms with Crippen molar-refractivity contribution in [2.24, 2.45) is 0 Å². The third kappa shape index (κ3) is 2.32. The fourth-order valence-electron chi connectivity index (χ4n) is 2.91. The molecule has 1 aliphatic rings. The summed E-state index contributed by atoms with van der Waals surface area (Å²) < 4.78 is 2.34. The molecule has 0 spiro atoms. The molecule has 1 aromatic carbocycles. The highest BCUT2D eigenvalue weighted by Crippen LogP contribution is 2.35. The third-order valence-corrected chi connectivity index (χ3v) is 4.49. The Hall–Kier alpha value is -1.87. The van der Waals surface area contributed by atoms with Crippen molar-refractivity contribution in [3.63, 3.8) is 0 Å². The number of pyridine rings is 1. The maximum absolute atomic E-state index is 5.96. The first kappa shape index (κ1) is 12.8. The van der Waals surface area contributed by atoms with Gasteiger partial charge in [-0.15, -0.1) is 0 Å². The van der Waals surface area contributed by atoms with Gasteiger partial charge in [-0.25, -0.2) is 9.97 Å². The summed E-state index contributed by atoms with van der Waals surface area (Å²) in [6.07, 6.45) is 6.44. The van der Waals surface area contributed by atoms with Crippen LogP contribution in [0, 0.1) is 0 Å². The van der Waals surface area contributed by atoms with Gasteiger partial charge in [0.05, 0.1) is 0 Å². The smallest absolute Gasteiger partial charge is 0.160 e. The van der Waals surface area contributed by atoms with E-state index in [2.05, 4.69) is 21.7 Å². The SMILES string of the molecule is Clc1ccc(Cc2nc3cccnc3n2C2CCC2)cc1. The van der Waals surface area contributed by atoms with Crippen LogP contribution in [0.1, 0.15) is 36.7 Å². The molecule has 0 unspecified atom stereocenters. The lowest BCUT2D eigenvalue weighted by Gasteiger charge is -2.28. The van der Waals surface area contributed by atoms with E-state index in [1.165, 1.54) is 24.8 Å². The van der Waals surface area contributed by atoms with Crippen LogP contribution in [0.15, 0.2) is 42.6 Å². The first-order valence-electron chi connectivity index (χ1n) is 7.37. The number of nitrogens with zero attached hydrogens (tertiary/aromatic N) is 3. The summed E-state index contributed by atoms with van der Waals surface area (Å²) >= 11 is 5.96. The van der Waals surface area contributed by atoms with Gasteiger partial charge in [-0.05, 0) is 49.1 Å². The predicted molar refractivity (Wildman–Crippen MR) is 84.7 cm³/mol. The Balaban J connectivity index is 1.78. The van der Waals surface area contributed by atoms with Crippen LogP contribution in [0.5, 0.6) is 0 Å². The van der Waals surface area contributed by atoms with E-state index >= 15 is 0 Å². The van der Waals surface area contributed by atoms with Crippen LogP contribution in [0.3, 0.4) is 0 Å². The zero-order chi connectivity index (χ0) is 14.2. The molecule has 0 aliphatic heterocycles. The van der Waals surface area contributed by atoms with Gasteiger partial charge in [-0.2, -0.15) is 0 Å². The summed E-state index contributed by atoms with van der Waals surface area (Å²) in [5.41, 5.74) is 3.25. The third-order valence-electron chi connectivity index (χ3n) is 4.24. The molecule has 3 aromatic rings. The fraction of sp³-hybridized carbons (Fsp3) is 0.294. The largest absolute Gasteiger partial charge is 0.309 e. The average Bonchev–Trinajstić information content (AvgIpc) is 2.78. The maximum atomic E-state index is 5.96. The Morgan fingerprint density at radius 3 is 2.67 bits per heavy atom. The van der Waals surface area contributed by atoms with Crippen LogP contribution in [0.2, 0.25) is 5.02 Å². The molecule has 0 atom stereocenters. The summed E-state index contributed by atoms with van der Waals surface area (Å²) in [4.78, 5) is 9.34. The Kier molecular flexibility index (Phi) is 3.15. The van der Waals surface area contributed by atoms with Gasteiger partial charge in [0.15, 0.2) is 5.65 Å². The number of benzene rings is 1. The highest BCUT2D eigenvalue weighted by atomic mass is 35.5.